The van der Waals surface area contributed by atoms with Crippen molar-refractivity contribution in [3.05, 3.63) is 65.2 Å². The SMILES string of the molecule is O=C(NC1c2ccccc2CC1Br)c1ccccc1O. The lowest BCUT2D eigenvalue weighted by Crippen LogP contribution is -2.31. The van der Waals surface area contributed by atoms with Crippen LogP contribution in [0.5, 0.6) is 5.75 Å². The lowest BCUT2D eigenvalue weighted by atomic mass is 10.1. The number of phenolic OH excluding ortho intramolecular Hbond substituents is 1. The number of amides is 1. The average molecular weight is 332 g/mol. The van der Waals surface area contributed by atoms with Gasteiger partial charge in [0.05, 0.1) is 11.6 Å². The molecule has 2 atom stereocenters. The van der Waals surface area contributed by atoms with Crippen molar-refractivity contribution < 1.29 is 9.90 Å². The minimum Gasteiger partial charge on any atom is -0.507 e. The van der Waals surface area contributed by atoms with Crippen molar-refractivity contribution in [3.63, 3.8) is 0 Å². The number of carbonyl (C=O) groups is 1. The van der Waals surface area contributed by atoms with Gasteiger partial charge in [-0.2, -0.15) is 0 Å². The van der Waals surface area contributed by atoms with Crippen molar-refractivity contribution >= 4 is 21.8 Å². The average Bonchev–Trinajstić information content (AvgIpc) is 2.76. The summed E-state index contributed by atoms with van der Waals surface area (Å²) in [4.78, 5) is 12.5. The van der Waals surface area contributed by atoms with E-state index < -0.39 is 0 Å². The van der Waals surface area contributed by atoms with Gasteiger partial charge in [0.15, 0.2) is 0 Å². The highest BCUT2D eigenvalue weighted by Gasteiger charge is 2.31. The first-order valence-corrected chi connectivity index (χ1v) is 7.39. The topological polar surface area (TPSA) is 49.3 Å². The molecule has 0 radical (unpaired) electrons. The van der Waals surface area contributed by atoms with Crippen molar-refractivity contribution in [2.45, 2.75) is 17.3 Å². The smallest absolute Gasteiger partial charge is 0.255 e. The van der Waals surface area contributed by atoms with E-state index >= 15 is 0 Å². The zero-order valence-corrected chi connectivity index (χ0v) is 12.3. The van der Waals surface area contributed by atoms with Crippen LogP contribution in [-0.4, -0.2) is 15.8 Å². The molecule has 1 aliphatic carbocycles. The zero-order chi connectivity index (χ0) is 14.1. The molecule has 0 aromatic heterocycles. The van der Waals surface area contributed by atoms with Crippen molar-refractivity contribution in [2.24, 2.45) is 0 Å². The van der Waals surface area contributed by atoms with E-state index in [1.54, 1.807) is 18.2 Å². The van der Waals surface area contributed by atoms with Gasteiger partial charge >= 0.3 is 0 Å². The summed E-state index contributed by atoms with van der Waals surface area (Å²) in [6.07, 6.45) is 0.891. The number of aromatic hydroxyl groups is 1. The van der Waals surface area contributed by atoms with Gasteiger partial charge in [-0.05, 0) is 29.7 Å². The maximum atomic E-state index is 12.3. The van der Waals surface area contributed by atoms with Gasteiger partial charge in [0, 0.05) is 4.83 Å². The molecule has 3 rings (SSSR count). The van der Waals surface area contributed by atoms with E-state index in [-0.39, 0.29) is 22.5 Å². The molecule has 1 aliphatic rings. The van der Waals surface area contributed by atoms with Crippen molar-refractivity contribution in [1.82, 2.24) is 5.32 Å². The number of para-hydroxylation sites is 1. The molecule has 2 aromatic rings. The van der Waals surface area contributed by atoms with E-state index in [0.29, 0.717) is 5.56 Å². The molecule has 2 N–H and O–H groups in total. The number of fused-ring (bicyclic) bond motifs is 1. The molecule has 1 amide bonds. The second kappa shape index (κ2) is 5.29. The van der Waals surface area contributed by atoms with E-state index in [0.717, 1.165) is 12.0 Å². The fourth-order valence-electron chi connectivity index (χ4n) is 2.60. The highest BCUT2D eigenvalue weighted by atomic mass is 79.9. The number of carbonyl (C=O) groups excluding carboxylic acids is 1. The molecule has 0 bridgehead atoms. The first kappa shape index (κ1) is 13.2. The van der Waals surface area contributed by atoms with Crippen molar-refractivity contribution in [1.29, 1.82) is 0 Å². The molecule has 2 aromatic carbocycles. The first-order valence-electron chi connectivity index (χ1n) is 6.47. The molecule has 2 unspecified atom stereocenters. The predicted molar refractivity (Wildman–Crippen MR) is 81.2 cm³/mol. The van der Waals surface area contributed by atoms with Gasteiger partial charge < -0.3 is 10.4 Å². The largest absolute Gasteiger partial charge is 0.507 e. The number of phenols is 1. The number of alkyl halides is 1. The molecule has 102 valence electrons. The summed E-state index contributed by atoms with van der Waals surface area (Å²) in [5.41, 5.74) is 2.69. The molecule has 0 heterocycles. The molecule has 20 heavy (non-hydrogen) atoms. The Morgan fingerprint density at radius 2 is 1.85 bits per heavy atom. The second-order valence-electron chi connectivity index (χ2n) is 4.89. The molecule has 3 nitrogen and oxygen atoms in total. The third kappa shape index (κ3) is 2.31. The van der Waals surface area contributed by atoms with Crippen LogP contribution in [0.2, 0.25) is 0 Å². The second-order valence-corrected chi connectivity index (χ2v) is 6.06. The van der Waals surface area contributed by atoms with Gasteiger partial charge in [-0.25, -0.2) is 0 Å². The number of halogens is 1. The van der Waals surface area contributed by atoms with E-state index in [9.17, 15) is 9.90 Å². The lowest BCUT2D eigenvalue weighted by Gasteiger charge is -2.18. The fraction of sp³-hybridized carbons (Fsp3) is 0.188. The van der Waals surface area contributed by atoms with Crippen LogP contribution in [0, 0.1) is 0 Å². The minimum atomic E-state index is -0.255. The van der Waals surface area contributed by atoms with Crippen LogP contribution in [0.15, 0.2) is 48.5 Å². The maximum Gasteiger partial charge on any atom is 0.255 e. The van der Waals surface area contributed by atoms with Crippen LogP contribution >= 0.6 is 15.9 Å². The Bertz CT molecular complexity index is 656. The van der Waals surface area contributed by atoms with Crippen LogP contribution in [0.1, 0.15) is 27.5 Å². The van der Waals surface area contributed by atoms with Gasteiger partial charge in [-0.15, -0.1) is 0 Å². The fourth-order valence-corrected chi connectivity index (χ4v) is 3.36. The first-order chi connectivity index (χ1) is 9.66. The van der Waals surface area contributed by atoms with Crippen LogP contribution < -0.4 is 5.32 Å². The number of hydrogen-bond donors (Lipinski definition) is 2. The highest BCUT2D eigenvalue weighted by molar-refractivity contribution is 9.09. The predicted octanol–water partition coefficient (Wildman–Crippen LogP) is 3.18. The molecule has 0 spiro atoms. The zero-order valence-electron chi connectivity index (χ0n) is 10.7. The lowest BCUT2D eigenvalue weighted by molar-refractivity contribution is 0.0935. The highest BCUT2D eigenvalue weighted by Crippen LogP contribution is 2.36. The van der Waals surface area contributed by atoms with E-state index in [1.165, 1.54) is 11.6 Å². The van der Waals surface area contributed by atoms with Crippen LogP contribution in [-0.2, 0) is 6.42 Å². The van der Waals surface area contributed by atoms with Gasteiger partial charge in [0.25, 0.3) is 5.91 Å². The number of nitrogens with one attached hydrogen (secondary N) is 1. The summed E-state index contributed by atoms with van der Waals surface area (Å²) >= 11 is 3.63. The Hall–Kier alpha value is -1.81. The van der Waals surface area contributed by atoms with Crippen molar-refractivity contribution in [2.75, 3.05) is 0 Å². The summed E-state index contributed by atoms with van der Waals surface area (Å²) in [6.45, 7) is 0. The van der Waals surface area contributed by atoms with Gasteiger partial charge in [0.2, 0.25) is 0 Å². The summed E-state index contributed by atoms with van der Waals surface area (Å²) in [6, 6.07) is 14.6. The molecular formula is C16H14BrNO2. The van der Waals surface area contributed by atoms with Crippen LogP contribution in [0.4, 0.5) is 0 Å². The Morgan fingerprint density at radius 1 is 1.15 bits per heavy atom. The third-order valence-corrected chi connectivity index (χ3v) is 4.45. The normalized spacial score (nSPS) is 20.4. The van der Waals surface area contributed by atoms with Crippen LogP contribution in [0.3, 0.4) is 0 Å². The minimum absolute atomic E-state index is 0.00223. The van der Waals surface area contributed by atoms with Gasteiger partial charge in [-0.1, -0.05) is 52.3 Å². The maximum absolute atomic E-state index is 12.3. The summed E-state index contributed by atoms with van der Waals surface area (Å²) in [5.74, 6) is -0.253. The molecule has 0 saturated heterocycles. The Kier molecular flexibility index (Phi) is 3.49. The van der Waals surface area contributed by atoms with Crippen molar-refractivity contribution in [3.8, 4) is 5.75 Å². The molecule has 0 aliphatic heterocycles. The summed E-state index contributed by atoms with van der Waals surface area (Å²) in [7, 11) is 0. The monoisotopic (exact) mass is 331 g/mol. The third-order valence-electron chi connectivity index (χ3n) is 3.60. The Morgan fingerprint density at radius 3 is 2.65 bits per heavy atom. The van der Waals surface area contributed by atoms with Gasteiger partial charge in [-0.3, -0.25) is 4.79 Å². The van der Waals surface area contributed by atoms with E-state index in [1.807, 2.05) is 18.2 Å². The quantitative estimate of drug-likeness (QED) is 0.830. The summed E-state index contributed by atoms with van der Waals surface area (Å²) in [5, 5.41) is 12.7. The van der Waals surface area contributed by atoms with E-state index in [2.05, 4.69) is 27.3 Å². The molecule has 0 fully saturated rings. The molecule has 0 saturated carbocycles. The summed E-state index contributed by atoms with van der Waals surface area (Å²) < 4.78 is 0. The molecule has 4 heteroatoms. The van der Waals surface area contributed by atoms with Crippen LogP contribution in [0.25, 0.3) is 0 Å². The number of rotatable bonds is 2. The standard InChI is InChI=1S/C16H14BrNO2/c17-13-9-10-5-1-2-6-11(10)15(13)18-16(20)12-7-3-4-8-14(12)19/h1-8,13,15,19H,9H2,(H,18,20). The Labute approximate surface area is 125 Å². The number of benzene rings is 2. The molecular weight excluding hydrogens is 318 g/mol. The Balaban J connectivity index is 1.85. The number of hydrogen-bond acceptors (Lipinski definition) is 2. The van der Waals surface area contributed by atoms with Gasteiger partial charge in [0.1, 0.15) is 5.75 Å². The van der Waals surface area contributed by atoms with E-state index in [4.69, 9.17) is 0 Å².